The molecule has 0 atom stereocenters. The van der Waals surface area contributed by atoms with E-state index in [0.29, 0.717) is 29.2 Å². The van der Waals surface area contributed by atoms with Crippen molar-refractivity contribution in [1.82, 2.24) is 9.29 Å². The molecule has 0 amide bonds. The molecule has 0 saturated carbocycles. The molecule has 2 aromatic carbocycles. The minimum Gasteiger partial charge on any atom is -0.496 e. The molecule has 3 rings (SSSR count). The SMILES string of the molecule is COc1cc(C)c(S(=O)(=O)NCCc2c(C)n(C)c3ccccc23)cc1C. The monoisotopic (exact) mass is 386 g/mol. The smallest absolute Gasteiger partial charge is 0.240 e. The summed E-state index contributed by atoms with van der Waals surface area (Å²) in [7, 11) is 0.0403. The Morgan fingerprint density at radius 2 is 1.78 bits per heavy atom. The summed E-state index contributed by atoms with van der Waals surface area (Å²) in [5.74, 6) is 0.692. The van der Waals surface area contributed by atoms with E-state index in [9.17, 15) is 8.42 Å². The molecule has 1 heterocycles. The molecule has 0 aliphatic rings. The van der Waals surface area contributed by atoms with Gasteiger partial charge in [-0.3, -0.25) is 0 Å². The van der Waals surface area contributed by atoms with Gasteiger partial charge in [0.05, 0.1) is 12.0 Å². The second kappa shape index (κ2) is 7.37. The van der Waals surface area contributed by atoms with Crippen LogP contribution in [0.25, 0.3) is 10.9 Å². The molecule has 0 radical (unpaired) electrons. The lowest BCUT2D eigenvalue weighted by Crippen LogP contribution is -2.27. The average molecular weight is 387 g/mol. The van der Waals surface area contributed by atoms with Crippen molar-refractivity contribution in [3.05, 3.63) is 58.8 Å². The largest absolute Gasteiger partial charge is 0.496 e. The third-order valence-electron chi connectivity index (χ3n) is 5.18. The Morgan fingerprint density at radius 1 is 1.07 bits per heavy atom. The third kappa shape index (κ3) is 3.59. The Bertz CT molecular complexity index is 1100. The Kier molecular flexibility index (Phi) is 5.31. The van der Waals surface area contributed by atoms with Crippen molar-refractivity contribution < 1.29 is 13.2 Å². The highest BCUT2D eigenvalue weighted by molar-refractivity contribution is 7.89. The lowest BCUT2D eigenvalue weighted by atomic mass is 10.1. The van der Waals surface area contributed by atoms with Crippen LogP contribution in [0.1, 0.15) is 22.4 Å². The Balaban J connectivity index is 1.82. The summed E-state index contributed by atoms with van der Waals surface area (Å²) in [6.45, 7) is 6.05. The standard InChI is InChI=1S/C21H26N2O3S/c1-14-13-21(15(2)12-20(14)26-5)27(24,25)22-11-10-17-16(3)23(4)19-9-7-6-8-18(17)19/h6-9,12-13,22H,10-11H2,1-5H3. The number of para-hydroxylation sites is 1. The van der Waals surface area contributed by atoms with E-state index in [1.165, 1.54) is 10.9 Å². The van der Waals surface area contributed by atoms with E-state index in [4.69, 9.17) is 4.74 Å². The fraction of sp³-hybridized carbons (Fsp3) is 0.333. The molecule has 1 N–H and O–H groups in total. The van der Waals surface area contributed by atoms with Gasteiger partial charge in [0.15, 0.2) is 0 Å². The van der Waals surface area contributed by atoms with Crippen LogP contribution < -0.4 is 9.46 Å². The molecule has 0 aliphatic heterocycles. The zero-order valence-electron chi connectivity index (χ0n) is 16.5. The average Bonchev–Trinajstić information content (AvgIpc) is 2.88. The van der Waals surface area contributed by atoms with Crippen LogP contribution in [-0.4, -0.2) is 26.6 Å². The van der Waals surface area contributed by atoms with E-state index in [1.54, 1.807) is 26.2 Å². The van der Waals surface area contributed by atoms with Gasteiger partial charge in [0.2, 0.25) is 10.0 Å². The van der Waals surface area contributed by atoms with Gasteiger partial charge >= 0.3 is 0 Å². The van der Waals surface area contributed by atoms with Gasteiger partial charge in [-0.2, -0.15) is 0 Å². The molecule has 0 spiro atoms. The molecule has 144 valence electrons. The Hall–Kier alpha value is -2.31. The van der Waals surface area contributed by atoms with Crippen LogP contribution in [0.3, 0.4) is 0 Å². The number of benzene rings is 2. The zero-order valence-corrected chi connectivity index (χ0v) is 17.3. The van der Waals surface area contributed by atoms with Crippen molar-refractivity contribution >= 4 is 20.9 Å². The minimum atomic E-state index is -3.58. The lowest BCUT2D eigenvalue weighted by molar-refractivity contribution is 0.411. The number of nitrogens with zero attached hydrogens (tertiary/aromatic N) is 1. The molecule has 0 fully saturated rings. The van der Waals surface area contributed by atoms with Gasteiger partial charge in [0.25, 0.3) is 0 Å². The molecule has 5 nitrogen and oxygen atoms in total. The van der Waals surface area contributed by atoms with Gasteiger partial charge < -0.3 is 9.30 Å². The summed E-state index contributed by atoms with van der Waals surface area (Å²) in [6, 6.07) is 11.6. The van der Waals surface area contributed by atoms with E-state index in [1.807, 2.05) is 26.1 Å². The van der Waals surface area contributed by atoms with Gasteiger partial charge in [0.1, 0.15) is 5.75 Å². The van der Waals surface area contributed by atoms with Gasteiger partial charge in [-0.25, -0.2) is 13.1 Å². The summed E-state index contributed by atoms with van der Waals surface area (Å²) < 4.78 is 35.8. The molecule has 0 bridgehead atoms. The number of aryl methyl sites for hydroxylation is 3. The van der Waals surface area contributed by atoms with Gasteiger partial charge in [0, 0.05) is 30.2 Å². The second-order valence-electron chi connectivity index (χ2n) is 6.88. The first kappa shape index (κ1) is 19.5. The number of fused-ring (bicyclic) bond motifs is 1. The highest BCUT2D eigenvalue weighted by Gasteiger charge is 2.19. The Morgan fingerprint density at radius 3 is 2.48 bits per heavy atom. The third-order valence-corrected chi connectivity index (χ3v) is 6.78. The maximum atomic E-state index is 12.8. The first-order valence-corrected chi connectivity index (χ1v) is 10.4. The van der Waals surface area contributed by atoms with Crippen LogP contribution in [-0.2, 0) is 23.5 Å². The predicted octanol–water partition coefficient (Wildman–Crippen LogP) is 3.63. The zero-order chi connectivity index (χ0) is 19.8. The number of aromatic nitrogens is 1. The fourth-order valence-corrected chi connectivity index (χ4v) is 4.92. The Labute approximate surface area is 161 Å². The van der Waals surface area contributed by atoms with Gasteiger partial charge in [-0.05, 0) is 62.1 Å². The number of hydrogen-bond donors (Lipinski definition) is 1. The van der Waals surface area contributed by atoms with E-state index < -0.39 is 10.0 Å². The number of methoxy groups -OCH3 is 1. The maximum absolute atomic E-state index is 12.8. The van der Waals surface area contributed by atoms with Crippen molar-refractivity contribution in [3.8, 4) is 5.75 Å². The summed E-state index contributed by atoms with van der Waals surface area (Å²) in [5.41, 5.74) is 4.97. The van der Waals surface area contributed by atoms with E-state index in [0.717, 1.165) is 16.8 Å². The summed E-state index contributed by atoms with van der Waals surface area (Å²) in [4.78, 5) is 0.301. The molecular weight excluding hydrogens is 360 g/mol. The number of hydrogen-bond acceptors (Lipinski definition) is 3. The van der Waals surface area contributed by atoms with Crippen LogP contribution in [0.4, 0.5) is 0 Å². The van der Waals surface area contributed by atoms with Gasteiger partial charge in [-0.15, -0.1) is 0 Å². The highest BCUT2D eigenvalue weighted by atomic mass is 32.2. The second-order valence-corrected chi connectivity index (χ2v) is 8.61. The number of rotatable bonds is 6. The molecule has 0 aliphatic carbocycles. The molecule has 27 heavy (non-hydrogen) atoms. The summed E-state index contributed by atoms with van der Waals surface area (Å²) in [6.07, 6.45) is 0.639. The highest BCUT2D eigenvalue weighted by Crippen LogP contribution is 2.27. The summed E-state index contributed by atoms with van der Waals surface area (Å²) >= 11 is 0. The fourth-order valence-electron chi connectivity index (χ4n) is 3.58. The first-order chi connectivity index (χ1) is 12.8. The van der Waals surface area contributed by atoms with Crippen molar-refractivity contribution in [1.29, 1.82) is 0 Å². The van der Waals surface area contributed by atoms with Crippen LogP contribution in [0.2, 0.25) is 0 Å². The van der Waals surface area contributed by atoms with Crippen LogP contribution in [0.15, 0.2) is 41.3 Å². The molecular formula is C21H26N2O3S. The van der Waals surface area contributed by atoms with Crippen LogP contribution >= 0.6 is 0 Å². The normalized spacial score (nSPS) is 11.9. The topological polar surface area (TPSA) is 60.3 Å². The van der Waals surface area contributed by atoms with Crippen molar-refractivity contribution in [3.63, 3.8) is 0 Å². The molecule has 6 heteroatoms. The van der Waals surface area contributed by atoms with Crippen LogP contribution in [0, 0.1) is 20.8 Å². The molecule has 0 unspecified atom stereocenters. The van der Waals surface area contributed by atoms with E-state index >= 15 is 0 Å². The number of ether oxygens (including phenoxy) is 1. The summed E-state index contributed by atoms with van der Waals surface area (Å²) in [5, 5.41) is 1.17. The quantitative estimate of drug-likeness (QED) is 0.704. The van der Waals surface area contributed by atoms with E-state index in [-0.39, 0.29) is 0 Å². The van der Waals surface area contributed by atoms with Crippen molar-refractivity contribution in [2.45, 2.75) is 32.1 Å². The van der Waals surface area contributed by atoms with Crippen LogP contribution in [0.5, 0.6) is 5.75 Å². The number of sulfonamides is 1. The number of nitrogens with one attached hydrogen (secondary N) is 1. The maximum Gasteiger partial charge on any atom is 0.240 e. The minimum absolute atomic E-state index is 0.301. The molecule has 1 aromatic heterocycles. The van der Waals surface area contributed by atoms with Crippen molar-refractivity contribution in [2.75, 3.05) is 13.7 Å². The molecule has 3 aromatic rings. The van der Waals surface area contributed by atoms with Gasteiger partial charge in [-0.1, -0.05) is 18.2 Å². The van der Waals surface area contributed by atoms with Crippen molar-refractivity contribution in [2.24, 2.45) is 7.05 Å². The first-order valence-electron chi connectivity index (χ1n) is 8.94. The predicted molar refractivity (Wildman–Crippen MR) is 109 cm³/mol. The lowest BCUT2D eigenvalue weighted by Gasteiger charge is -2.13. The molecule has 0 saturated heterocycles. The van der Waals surface area contributed by atoms with E-state index in [2.05, 4.69) is 28.3 Å².